The first-order valence-corrected chi connectivity index (χ1v) is 12.3. The van der Waals surface area contributed by atoms with Crippen LogP contribution in [0, 0.1) is 0 Å². The van der Waals surface area contributed by atoms with Gasteiger partial charge in [0.05, 0.1) is 11.3 Å². The number of fused-ring (bicyclic) bond motifs is 5. The van der Waals surface area contributed by atoms with E-state index in [-0.39, 0.29) is 17.3 Å². The van der Waals surface area contributed by atoms with Gasteiger partial charge in [0.2, 0.25) is 0 Å². The monoisotopic (exact) mass is 468 g/mol. The number of nitrogens with zero attached hydrogens (tertiary/aromatic N) is 2. The molecular formula is C29H28N2O4. The fourth-order valence-electron chi connectivity index (χ4n) is 5.43. The summed E-state index contributed by atoms with van der Waals surface area (Å²) in [7, 11) is 0. The number of hydrogen-bond acceptors (Lipinski definition) is 5. The molecule has 6 nitrogen and oxygen atoms in total. The number of benzene rings is 3. The molecule has 6 rings (SSSR count). The van der Waals surface area contributed by atoms with Crippen LogP contribution < -0.4 is 4.74 Å². The van der Waals surface area contributed by atoms with Gasteiger partial charge in [0.1, 0.15) is 23.9 Å². The summed E-state index contributed by atoms with van der Waals surface area (Å²) in [6.07, 6.45) is 3.84. The van der Waals surface area contributed by atoms with Crippen molar-refractivity contribution >= 4 is 16.7 Å². The minimum absolute atomic E-state index is 0.115. The fraction of sp³-hybridized carbons (Fsp3) is 0.276. The summed E-state index contributed by atoms with van der Waals surface area (Å²) in [5.41, 5.74) is 4.67. The summed E-state index contributed by atoms with van der Waals surface area (Å²) < 4.78 is 8.02. The highest BCUT2D eigenvalue weighted by atomic mass is 16.5. The van der Waals surface area contributed by atoms with E-state index in [0.29, 0.717) is 29.7 Å². The lowest BCUT2D eigenvalue weighted by atomic mass is 9.96. The number of piperidine rings is 1. The van der Waals surface area contributed by atoms with Gasteiger partial charge in [0.25, 0.3) is 0 Å². The molecule has 35 heavy (non-hydrogen) atoms. The standard InChI is InChI=1S/C29H28N2O4/c32-21-7-4-20-18-31-26-11-8-22(33)17-25(26)27(28(31)24(20)16-21)29(34)19-5-9-23(10-6-19)35-15-14-30-12-2-1-3-13-30/h4-11,16-17,32-33H,1-3,12-15,18H2. The Morgan fingerprint density at radius 1 is 0.886 bits per heavy atom. The lowest BCUT2D eigenvalue weighted by Gasteiger charge is -2.26. The minimum atomic E-state index is -0.120. The lowest BCUT2D eigenvalue weighted by Crippen LogP contribution is -2.33. The molecular weight excluding hydrogens is 440 g/mol. The average Bonchev–Trinajstić information content (AvgIpc) is 3.38. The van der Waals surface area contributed by atoms with Gasteiger partial charge >= 0.3 is 0 Å². The summed E-state index contributed by atoms with van der Waals surface area (Å²) in [5, 5.41) is 21.0. The van der Waals surface area contributed by atoms with Gasteiger partial charge < -0.3 is 19.5 Å². The first kappa shape index (κ1) is 21.7. The van der Waals surface area contributed by atoms with E-state index in [0.717, 1.165) is 47.7 Å². The van der Waals surface area contributed by atoms with Gasteiger partial charge in [-0.2, -0.15) is 0 Å². The molecule has 0 aliphatic carbocycles. The van der Waals surface area contributed by atoms with Crippen LogP contribution in [-0.4, -0.2) is 51.7 Å². The van der Waals surface area contributed by atoms with Crippen molar-refractivity contribution in [3.63, 3.8) is 0 Å². The molecule has 6 heteroatoms. The highest BCUT2D eigenvalue weighted by Crippen LogP contribution is 2.43. The normalized spacial score (nSPS) is 15.2. The lowest BCUT2D eigenvalue weighted by molar-refractivity contribution is 0.104. The van der Waals surface area contributed by atoms with Crippen molar-refractivity contribution in [2.45, 2.75) is 25.8 Å². The number of likely N-dealkylation sites (tertiary alicyclic amines) is 1. The molecule has 0 spiro atoms. The SMILES string of the molecule is O=C(c1ccc(OCCN2CCCCC2)cc1)c1c2n(c3ccc(O)cc13)Cc1ccc(O)cc1-2. The Kier molecular flexibility index (Phi) is 5.46. The molecule has 0 bridgehead atoms. The van der Waals surface area contributed by atoms with E-state index >= 15 is 0 Å². The number of carbonyl (C=O) groups excluding carboxylic acids is 1. The number of ether oxygens (including phenoxy) is 1. The van der Waals surface area contributed by atoms with Crippen LogP contribution in [0.3, 0.4) is 0 Å². The molecule has 0 radical (unpaired) electrons. The average molecular weight is 469 g/mol. The Bertz CT molecular complexity index is 1420. The van der Waals surface area contributed by atoms with Crippen molar-refractivity contribution in [1.82, 2.24) is 9.47 Å². The van der Waals surface area contributed by atoms with Gasteiger partial charge in [-0.3, -0.25) is 9.69 Å². The zero-order valence-electron chi connectivity index (χ0n) is 19.5. The van der Waals surface area contributed by atoms with E-state index in [4.69, 9.17) is 4.74 Å². The summed E-state index contributed by atoms with van der Waals surface area (Å²) in [6.45, 7) is 4.44. The number of hydrogen-bond donors (Lipinski definition) is 2. The van der Waals surface area contributed by atoms with Crippen LogP contribution in [-0.2, 0) is 6.54 Å². The fourth-order valence-corrected chi connectivity index (χ4v) is 5.43. The quantitative estimate of drug-likeness (QED) is 0.336. The Labute approximate surface area is 204 Å². The van der Waals surface area contributed by atoms with Crippen LogP contribution in [0.5, 0.6) is 17.2 Å². The second-order valence-corrected chi connectivity index (χ2v) is 9.46. The number of aromatic nitrogens is 1. The van der Waals surface area contributed by atoms with Gasteiger partial charge in [0, 0.05) is 35.1 Å². The van der Waals surface area contributed by atoms with Crippen molar-refractivity contribution in [3.05, 3.63) is 77.4 Å². The van der Waals surface area contributed by atoms with Crippen LogP contribution in [0.25, 0.3) is 22.2 Å². The number of ketones is 1. The molecule has 2 aliphatic heterocycles. The third-order valence-corrected chi connectivity index (χ3v) is 7.19. The summed E-state index contributed by atoms with van der Waals surface area (Å²) >= 11 is 0. The zero-order valence-corrected chi connectivity index (χ0v) is 19.5. The maximum Gasteiger partial charge on any atom is 0.195 e. The summed E-state index contributed by atoms with van der Waals surface area (Å²) in [6, 6.07) is 17.7. The smallest absolute Gasteiger partial charge is 0.195 e. The van der Waals surface area contributed by atoms with Crippen molar-refractivity contribution in [3.8, 4) is 28.5 Å². The maximum absolute atomic E-state index is 13.8. The number of phenols is 2. The van der Waals surface area contributed by atoms with Crippen LogP contribution in [0.1, 0.15) is 40.7 Å². The molecule has 2 aliphatic rings. The van der Waals surface area contributed by atoms with E-state index in [1.807, 2.05) is 24.3 Å². The summed E-state index contributed by atoms with van der Waals surface area (Å²) in [4.78, 5) is 16.2. The molecule has 1 fully saturated rings. The maximum atomic E-state index is 13.8. The second kappa shape index (κ2) is 8.78. The van der Waals surface area contributed by atoms with Gasteiger partial charge in [-0.1, -0.05) is 12.5 Å². The zero-order chi connectivity index (χ0) is 23.9. The van der Waals surface area contributed by atoms with Gasteiger partial charge in [0.15, 0.2) is 5.78 Å². The molecule has 0 atom stereocenters. The molecule has 0 unspecified atom stereocenters. The number of rotatable bonds is 6. The van der Waals surface area contributed by atoms with Crippen molar-refractivity contribution in [1.29, 1.82) is 0 Å². The molecule has 0 amide bonds. The predicted octanol–water partition coefficient (Wildman–Crippen LogP) is 5.18. The molecule has 3 heterocycles. The molecule has 1 saturated heterocycles. The van der Waals surface area contributed by atoms with E-state index in [2.05, 4.69) is 9.47 Å². The molecule has 3 aromatic carbocycles. The number of aromatic hydroxyl groups is 2. The number of carbonyl (C=O) groups is 1. The number of phenolic OH excluding ortho intramolecular Hbond substituents is 2. The minimum Gasteiger partial charge on any atom is -0.508 e. The van der Waals surface area contributed by atoms with E-state index in [1.54, 1.807) is 36.4 Å². The van der Waals surface area contributed by atoms with Gasteiger partial charge in [-0.25, -0.2) is 0 Å². The van der Waals surface area contributed by atoms with Crippen LogP contribution in [0.15, 0.2) is 60.7 Å². The Morgan fingerprint density at radius 2 is 1.63 bits per heavy atom. The Balaban J connectivity index is 1.30. The van der Waals surface area contributed by atoms with Crippen LogP contribution >= 0.6 is 0 Å². The largest absolute Gasteiger partial charge is 0.508 e. The van der Waals surface area contributed by atoms with Crippen LogP contribution in [0.2, 0.25) is 0 Å². The topological polar surface area (TPSA) is 74.9 Å². The van der Waals surface area contributed by atoms with E-state index in [9.17, 15) is 15.0 Å². The van der Waals surface area contributed by atoms with Crippen LogP contribution in [0.4, 0.5) is 0 Å². The highest BCUT2D eigenvalue weighted by Gasteiger charge is 2.30. The van der Waals surface area contributed by atoms with Crippen molar-refractivity contribution < 1.29 is 19.7 Å². The van der Waals surface area contributed by atoms with Gasteiger partial charge in [-0.15, -0.1) is 0 Å². The molecule has 0 saturated carbocycles. The molecule has 1 aromatic heterocycles. The first-order chi connectivity index (χ1) is 17.1. The summed E-state index contributed by atoms with van der Waals surface area (Å²) in [5.74, 6) is 0.906. The first-order valence-electron chi connectivity index (χ1n) is 12.3. The van der Waals surface area contributed by atoms with Gasteiger partial charge in [-0.05, 0) is 86.1 Å². The molecule has 178 valence electrons. The molecule has 4 aromatic rings. The van der Waals surface area contributed by atoms with E-state index in [1.165, 1.54) is 19.3 Å². The second-order valence-electron chi connectivity index (χ2n) is 9.46. The molecule has 2 N–H and O–H groups in total. The third kappa shape index (κ3) is 3.94. The predicted molar refractivity (Wildman–Crippen MR) is 135 cm³/mol. The van der Waals surface area contributed by atoms with Crippen molar-refractivity contribution in [2.24, 2.45) is 0 Å². The van der Waals surface area contributed by atoms with Crippen molar-refractivity contribution in [2.75, 3.05) is 26.2 Å². The highest BCUT2D eigenvalue weighted by molar-refractivity contribution is 6.21. The van der Waals surface area contributed by atoms with E-state index < -0.39 is 0 Å². The Hall–Kier alpha value is -3.77. The third-order valence-electron chi connectivity index (χ3n) is 7.19. The Morgan fingerprint density at radius 3 is 2.43 bits per heavy atom.